The molecule has 5 nitrogen and oxygen atoms in total. The lowest BCUT2D eigenvalue weighted by Gasteiger charge is -2.36. The van der Waals surface area contributed by atoms with Gasteiger partial charge < -0.3 is 14.5 Å². The highest BCUT2D eigenvalue weighted by molar-refractivity contribution is 5.79. The number of likely N-dealkylation sites (tertiary alicyclic amines) is 1. The van der Waals surface area contributed by atoms with Gasteiger partial charge in [-0.05, 0) is 45.8 Å². The maximum absolute atomic E-state index is 13.1. The normalized spacial score (nSPS) is 23.0. The summed E-state index contributed by atoms with van der Waals surface area (Å²) in [5, 5.41) is 0. The van der Waals surface area contributed by atoms with Crippen LogP contribution in [0.25, 0.3) is 0 Å². The van der Waals surface area contributed by atoms with Crippen molar-refractivity contribution >= 4 is 5.91 Å². The van der Waals surface area contributed by atoms with Crippen molar-refractivity contribution in [2.45, 2.75) is 58.2 Å². The smallest absolute Gasteiger partial charge is 0.225 e. The van der Waals surface area contributed by atoms with Gasteiger partial charge in [-0.25, -0.2) is 0 Å². The third kappa shape index (κ3) is 4.87. The number of benzene rings is 1. The first kappa shape index (κ1) is 21.1. The van der Waals surface area contributed by atoms with E-state index in [1.807, 2.05) is 6.07 Å². The Bertz CT molecular complexity index is 644. The van der Waals surface area contributed by atoms with E-state index < -0.39 is 0 Å². The molecule has 2 heterocycles. The van der Waals surface area contributed by atoms with E-state index >= 15 is 0 Å². The first-order valence-corrected chi connectivity index (χ1v) is 10.9. The van der Waals surface area contributed by atoms with Gasteiger partial charge in [0, 0.05) is 43.7 Å². The summed E-state index contributed by atoms with van der Waals surface area (Å²) < 4.78 is 6.16. The van der Waals surface area contributed by atoms with E-state index in [4.69, 9.17) is 4.74 Å². The molecule has 2 aliphatic rings. The second kappa shape index (κ2) is 9.75. The molecule has 1 aromatic rings. The lowest BCUT2D eigenvalue weighted by molar-refractivity contribution is -0.137. The number of fused-ring (bicyclic) bond motifs is 1. The number of carbonyl (C=O) groups excluding carboxylic acids is 1. The maximum Gasteiger partial charge on any atom is 0.225 e. The Morgan fingerprint density at radius 3 is 2.68 bits per heavy atom. The van der Waals surface area contributed by atoms with Crippen molar-refractivity contribution in [3.05, 3.63) is 29.8 Å². The molecule has 0 spiro atoms. The van der Waals surface area contributed by atoms with Crippen molar-refractivity contribution in [1.82, 2.24) is 14.7 Å². The van der Waals surface area contributed by atoms with Crippen molar-refractivity contribution in [3.63, 3.8) is 0 Å². The molecule has 0 aromatic heterocycles. The van der Waals surface area contributed by atoms with Gasteiger partial charge in [0.05, 0.1) is 6.04 Å². The molecule has 0 aliphatic carbocycles. The molecule has 156 valence electrons. The molecule has 0 bridgehead atoms. The van der Waals surface area contributed by atoms with Gasteiger partial charge in [0.1, 0.15) is 12.4 Å². The third-order valence-electron chi connectivity index (χ3n) is 6.31. The van der Waals surface area contributed by atoms with Crippen molar-refractivity contribution < 1.29 is 9.53 Å². The van der Waals surface area contributed by atoms with E-state index in [1.165, 1.54) is 5.56 Å². The van der Waals surface area contributed by atoms with Crippen LogP contribution >= 0.6 is 0 Å². The Morgan fingerprint density at radius 1 is 1.21 bits per heavy atom. The van der Waals surface area contributed by atoms with Crippen LogP contribution in [0, 0.1) is 5.92 Å². The molecule has 0 radical (unpaired) electrons. The lowest BCUT2D eigenvalue weighted by Crippen LogP contribution is -2.51. The zero-order valence-corrected chi connectivity index (χ0v) is 18.1. The highest BCUT2D eigenvalue weighted by Gasteiger charge is 2.35. The highest BCUT2D eigenvalue weighted by atomic mass is 16.5. The summed E-state index contributed by atoms with van der Waals surface area (Å²) in [5.41, 5.74) is 1.25. The third-order valence-corrected chi connectivity index (χ3v) is 6.31. The molecule has 0 unspecified atom stereocenters. The molecule has 1 amide bonds. The van der Waals surface area contributed by atoms with Crippen molar-refractivity contribution in [1.29, 1.82) is 0 Å². The standard InChI is InChI=1S/C23H37N3O2/c1-5-18(6-2)23(27)26-13-9-11-20(26)16-25-14-19-10-7-8-12-22(19)28-17-21(25)15-24(3)4/h7-8,10,12,18,20-21H,5-6,9,11,13-17H2,1-4H3/t20-,21-/m0/s1. The summed E-state index contributed by atoms with van der Waals surface area (Å²) in [6.07, 6.45) is 4.11. The van der Waals surface area contributed by atoms with Crippen LogP contribution in [-0.4, -0.2) is 73.0 Å². The van der Waals surface area contributed by atoms with E-state index in [1.54, 1.807) is 0 Å². The number of hydrogen-bond donors (Lipinski definition) is 0. The number of carbonyl (C=O) groups is 1. The molecule has 0 N–H and O–H groups in total. The highest BCUT2D eigenvalue weighted by Crippen LogP contribution is 2.28. The van der Waals surface area contributed by atoms with Gasteiger partial charge in [0.15, 0.2) is 0 Å². The Balaban J connectivity index is 1.77. The lowest BCUT2D eigenvalue weighted by atomic mass is 10.0. The molecule has 1 fully saturated rings. The number of likely N-dealkylation sites (N-methyl/N-ethyl adjacent to an activating group) is 1. The molecule has 5 heteroatoms. The molecule has 1 aromatic carbocycles. The summed E-state index contributed by atoms with van der Waals surface area (Å²) >= 11 is 0. The second-order valence-corrected chi connectivity index (χ2v) is 8.61. The van der Waals surface area contributed by atoms with Crippen LogP contribution in [0.15, 0.2) is 24.3 Å². The predicted octanol–water partition coefficient (Wildman–Crippen LogP) is 3.24. The molecular formula is C23H37N3O2. The zero-order chi connectivity index (χ0) is 20.1. The van der Waals surface area contributed by atoms with E-state index in [-0.39, 0.29) is 5.92 Å². The minimum atomic E-state index is 0.173. The van der Waals surface area contributed by atoms with Crippen LogP contribution in [0.4, 0.5) is 0 Å². The van der Waals surface area contributed by atoms with Crippen LogP contribution < -0.4 is 4.74 Å². The molecule has 3 rings (SSSR count). The van der Waals surface area contributed by atoms with Gasteiger partial charge in [-0.15, -0.1) is 0 Å². The molecular weight excluding hydrogens is 350 g/mol. The van der Waals surface area contributed by atoms with E-state index in [2.05, 4.69) is 60.8 Å². The Hall–Kier alpha value is -1.59. The molecule has 0 saturated carbocycles. The van der Waals surface area contributed by atoms with Gasteiger partial charge in [-0.1, -0.05) is 32.0 Å². The number of ether oxygens (including phenoxy) is 1. The van der Waals surface area contributed by atoms with E-state index in [9.17, 15) is 4.79 Å². The topological polar surface area (TPSA) is 36.0 Å². The summed E-state index contributed by atoms with van der Waals surface area (Å²) in [5.74, 6) is 1.54. The minimum absolute atomic E-state index is 0.173. The maximum atomic E-state index is 13.1. The number of rotatable bonds is 7. The van der Waals surface area contributed by atoms with Crippen molar-refractivity contribution in [3.8, 4) is 5.75 Å². The fourth-order valence-corrected chi connectivity index (χ4v) is 4.68. The molecule has 1 saturated heterocycles. The average Bonchev–Trinajstić information content (AvgIpc) is 3.07. The predicted molar refractivity (Wildman–Crippen MR) is 113 cm³/mol. The Labute approximate surface area is 170 Å². The molecule has 2 atom stereocenters. The summed E-state index contributed by atoms with van der Waals surface area (Å²) in [6, 6.07) is 9.02. The fourth-order valence-electron chi connectivity index (χ4n) is 4.68. The zero-order valence-electron chi connectivity index (χ0n) is 18.1. The van der Waals surface area contributed by atoms with Gasteiger partial charge >= 0.3 is 0 Å². The molecule has 28 heavy (non-hydrogen) atoms. The first-order valence-electron chi connectivity index (χ1n) is 10.9. The quantitative estimate of drug-likeness (QED) is 0.720. The number of para-hydroxylation sites is 1. The fraction of sp³-hybridized carbons (Fsp3) is 0.696. The van der Waals surface area contributed by atoms with Crippen molar-refractivity contribution in [2.75, 3.05) is 40.3 Å². The Morgan fingerprint density at radius 2 is 1.96 bits per heavy atom. The van der Waals surface area contributed by atoms with Gasteiger partial charge in [-0.2, -0.15) is 0 Å². The first-order chi connectivity index (χ1) is 13.5. The van der Waals surface area contributed by atoms with Crippen LogP contribution in [0.1, 0.15) is 45.1 Å². The van der Waals surface area contributed by atoms with Crippen LogP contribution in [0.2, 0.25) is 0 Å². The SMILES string of the molecule is CCC(CC)C(=O)N1CCC[C@H]1CN1Cc2ccccc2OC[C@@H]1CN(C)C. The average molecular weight is 388 g/mol. The van der Waals surface area contributed by atoms with Gasteiger partial charge in [-0.3, -0.25) is 9.69 Å². The van der Waals surface area contributed by atoms with Crippen LogP contribution in [0.5, 0.6) is 5.75 Å². The number of nitrogens with zero attached hydrogens (tertiary/aromatic N) is 3. The summed E-state index contributed by atoms with van der Waals surface area (Å²) in [4.78, 5) is 20.0. The van der Waals surface area contributed by atoms with Crippen molar-refractivity contribution in [2.24, 2.45) is 5.92 Å². The largest absolute Gasteiger partial charge is 0.492 e. The van der Waals surface area contributed by atoms with Crippen LogP contribution in [-0.2, 0) is 11.3 Å². The molecule has 2 aliphatic heterocycles. The van der Waals surface area contributed by atoms with E-state index in [0.717, 1.165) is 57.6 Å². The van der Waals surface area contributed by atoms with E-state index in [0.29, 0.717) is 24.6 Å². The van der Waals surface area contributed by atoms with Crippen LogP contribution in [0.3, 0.4) is 0 Å². The Kier molecular flexibility index (Phi) is 7.36. The number of amides is 1. The number of hydrogen-bond acceptors (Lipinski definition) is 4. The minimum Gasteiger partial charge on any atom is -0.492 e. The summed E-state index contributed by atoms with van der Waals surface area (Å²) in [6.45, 7) is 8.66. The monoisotopic (exact) mass is 387 g/mol. The second-order valence-electron chi connectivity index (χ2n) is 8.61. The summed E-state index contributed by atoms with van der Waals surface area (Å²) in [7, 11) is 4.24. The van der Waals surface area contributed by atoms with Gasteiger partial charge in [0.2, 0.25) is 5.91 Å². The van der Waals surface area contributed by atoms with Gasteiger partial charge in [0.25, 0.3) is 0 Å².